The second-order valence-electron chi connectivity index (χ2n) is 4.72. The van der Waals surface area contributed by atoms with Gasteiger partial charge in [0.25, 0.3) is 0 Å². The van der Waals surface area contributed by atoms with Gasteiger partial charge in [0.2, 0.25) is 0 Å². The van der Waals surface area contributed by atoms with Gasteiger partial charge < -0.3 is 4.90 Å². The van der Waals surface area contributed by atoms with Gasteiger partial charge in [0.05, 0.1) is 0 Å². The number of benzene rings is 1. The molecule has 0 radical (unpaired) electrons. The highest BCUT2D eigenvalue weighted by Gasteiger charge is 2.29. The van der Waals surface area contributed by atoms with Crippen LogP contribution < -0.4 is 0 Å². The Bertz CT molecular complexity index is 533. The third-order valence-electron chi connectivity index (χ3n) is 3.67. The van der Waals surface area contributed by atoms with Gasteiger partial charge in [-0.1, -0.05) is 22.0 Å². The van der Waals surface area contributed by atoms with E-state index >= 15 is 0 Å². The zero-order valence-corrected chi connectivity index (χ0v) is 11.4. The maximum Gasteiger partial charge on any atom is 0.166 e. The average molecular weight is 292 g/mol. The van der Waals surface area contributed by atoms with Gasteiger partial charge in [0.15, 0.2) is 5.78 Å². The Kier molecular flexibility index (Phi) is 2.58. The fourth-order valence-electron chi connectivity index (χ4n) is 2.77. The molecule has 1 aromatic carbocycles. The van der Waals surface area contributed by atoms with Crippen LogP contribution in [-0.4, -0.2) is 24.3 Å². The first-order valence-corrected chi connectivity index (χ1v) is 6.72. The van der Waals surface area contributed by atoms with Crippen LogP contribution in [0.5, 0.6) is 0 Å². The number of carbonyl (C=O) groups is 1. The van der Waals surface area contributed by atoms with Gasteiger partial charge in [-0.2, -0.15) is 0 Å². The quantitative estimate of drug-likeness (QED) is 0.732. The van der Waals surface area contributed by atoms with E-state index in [1.165, 1.54) is 11.3 Å². The summed E-state index contributed by atoms with van der Waals surface area (Å²) in [6, 6.07) is 6.24. The summed E-state index contributed by atoms with van der Waals surface area (Å²) < 4.78 is 1.09. The van der Waals surface area contributed by atoms with E-state index in [2.05, 4.69) is 40.0 Å². The molecule has 1 aromatic rings. The van der Waals surface area contributed by atoms with Crippen LogP contribution in [0, 0.1) is 0 Å². The van der Waals surface area contributed by atoms with E-state index in [1.54, 1.807) is 0 Å². The maximum atomic E-state index is 12.1. The van der Waals surface area contributed by atoms with Crippen LogP contribution in [0.25, 0.3) is 5.57 Å². The summed E-state index contributed by atoms with van der Waals surface area (Å²) in [5.74, 6) is 0.307. The van der Waals surface area contributed by atoms with Crippen LogP contribution in [-0.2, 0) is 11.2 Å². The van der Waals surface area contributed by atoms with Crippen molar-refractivity contribution in [2.45, 2.75) is 19.3 Å². The lowest BCUT2D eigenvalue weighted by Gasteiger charge is -2.33. The minimum Gasteiger partial charge on any atom is -0.377 e. The van der Waals surface area contributed by atoms with Crippen molar-refractivity contribution in [3.8, 4) is 0 Å². The minimum atomic E-state index is 0.307. The molecule has 1 aliphatic carbocycles. The zero-order chi connectivity index (χ0) is 12.0. The molecule has 0 aromatic heterocycles. The smallest absolute Gasteiger partial charge is 0.166 e. The summed E-state index contributed by atoms with van der Waals surface area (Å²) in [6.07, 6.45) is 2.66. The van der Waals surface area contributed by atoms with E-state index < -0.39 is 0 Å². The fraction of sp³-hybridized carbons (Fsp3) is 0.357. The largest absolute Gasteiger partial charge is 0.377 e. The Labute approximate surface area is 109 Å². The van der Waals surface area contributed by atoms with E-state index in [4.69, 9.17) is 0 Å². The standard InChI is InChI=1S/C14H14BrNO/c1-16-7-6-13(17)14-11-4-3-10(15)8-9(11)2-5-12(14)16/h3-4,8H,2,5-7H2,1H3. The van der Waals surface area contributed by atoms with Crippen LogP contribution in [0.3, 0.4) is 0 Å². The molecule has 3 heteroatoms. The Hall–Kier alpha value is -1.09. The van der Waals surface area contributed by atoms with Gasteiger partial charge in [-0.25, -0.2) is 0 Å². The van der Waals surface area contributed by atoms with Crippen molar-refractivity contribution in [1.29, 1.82) is 0 Å². The van der Waals surface area contributed by atoms with Crippen LogP contribution >= 0.6 is 15.9 Å². The number of halogens is 1. The zero-order valence-electron chi connectivity index (χ0n) is 9.79. The molecular weight excluding hydrogens is 278 g/mol. The van der Waals surface area contributed by atoms with E-state index in [9.17, 15) is 4.79 Å². The number of carbonyl (C=O) groups excluding carboxylic acids is 1. The average Bonchev–Trinajstić information content (AvgIpc) is 2.32. The number of hydrogen-bond donors (Lipinski definition) is 0. The molecule has 0 amide bonds. The highest BCUT2D eigenvalue weighted by molar-refractivity contribution is 9.10. The highest BCUT2D eigenvalue weighted by atomic mass is 79.9. The van der Waals surface area contributed by atoms with Gasteiger partial charge in [-0.3, -0.25) is 4.79 Å². The first kappa shape index (κ1) is 11.0. The lowest BCUT2D eigenvalue weighted by molar-refractivity contribution is -0.114. The van der Waals surface area contributed by atoms with Crippen molar-refractivity contribution < 1.29 is 4.79 Å². The van der Waals surface area contributed by atoms with Gasteiger partial charge in [-0.15, -0.1) is 0 Å². The molecular formula is C14H14BrNO. The molecule has 0 saturated heterocycles. The fourth-order valence-corrected chi connectivity index (χ4v) is 3.18. The van der Waals surface area contributed by atoms with Crippen molar-refractivity contribution in [3.05, 3.63) is 39.5 Å². The number of aryl methyl sites for hydroxylation is 1. The maximum absolute atomic E-state index is 12.1. The van der Waals surface area contributed by atoms with Gasteiger partial charge in [0.1, 0.15) is 0 Å². The molecule has 3 rings (SSSR count). The molecule has 0 atom stereocenters. The number of rotatable bonds is 0. The third-order valence-corrected chi connectivity index (χ3v) is 4.16. The second-order valence-corrected chi connectivity index (χ2v) is 5.63. The van der Waals surface area contributed by atoms with Crippen molar-refractivity contribution in [1.82, 2.24) is 4.90 Å². The van der Waals surface area contributed by atoms with Crippen molar-refractivity contribution in [2.75, 3.05) is 13.6 Å². The van der Waals surface area contributed by atoms with Crippen molar-refractivity contribution in [3.63, 3.8) is 0 Å². The summed E-state index contributed by atoms with van der Waals surface area (Å²) in [4.78, 5) is 14.4. The summed E-state index contributed by atoms with van der Waals surface area (Å²) in [6.45, 7) is 0.865. The molecule has 0 unspecified atom stereocenters. The normalized spacial score (nSPS) is 19.2. The molecule has 1 aliphatic heterocycles. The number of nitrogens with zero attached hydrogens (tertiary/aromatic N) is 1. The highest BCUT2D eigenvalue weighted by Crippen LogP contribution is 2.37. The van der Waals surface area contributed by atoms with Gasteiger partial charge in [-0.05, 0) is 36.1 Å². The summed E-state index contributed by atoms with van der Waals surface area (Å²) in [5, 5.41) is 0. The van der Waals surface area contributed by atoms with E-state index in [-0.39, 0.29) is 0 Å². The lowest BCUT2D eigenvalue weighted by atomic mass is 9.83. The van der Waals surface area contributed by atoms with E-state index in [0.29, 0.717) is 12.2 Å². The molecule has 0 fully saturated rings. The molecule has 0 spiro atoms. The van der Waals surface area contributed by atoms with Crippen LogP contribution in [0.4, 0.5) is 0 Å². The molecule has 2 aliphatic rings. The molecule has 0 N–H and O–H groups in total. The van der Waals surface area contributed by atoms with E-state index in [0.717, 1.165) is 35.0 Å². The number of ketones is 1. The topological polar surface area (TPSA) is 20.3 Å². The lowest BCUT2D eigenvalue weighted by Crippen LogP contribution is -2.31. The molecule has 2 nitrogen and oxygen atoms in total. The van der Waals surface area contributed by atoms with Crippen LogP contribution in [0.2, 0.25) is 0 Å². The molecule has 17 heavy (non-hydrogen) atoms. The molecule has 88 valence electrons. The number of Topliss-reactive ketones (excluding diaryl/α,β-unsaturated/α-hetero) is 1. The van der Waals surface area contributed by atoms with Crippen LogP contribution in [0.1, 0.15) is 24.0 Å². The first-order valence-electron chi connectivity index (χ1n) is 5.93. The number of hydrogen-bond acceptors (Lipinski definition) is 2. The van der Waals surface area contributed by atoms with Crippen LogP contribution in [0.15, 0.2) is 28.4 Å². The molecule has 0 bridgehead atoms. The summed E-state index contributed by atoms with van der Waals surface area (Å²) in [7, 11) is 2.09. The Balaban J connectivity index is 2.20. The molecule has 1 heterocycles. The minimum absolute atomic E-state index is 0.307. The van der Waals surface area contributed by atoms with E-state index in [1.807, 2.05) is 6.07 Å². The SMILES string of the molecule is CN1CCC(=O)C2=C1CCc1cc(Br)ccc12. The van der Waals surface area contributed by atoms with Gasteiger partial charge in [0, 0.05) is 35.8 Å². The summed E-state index contributed by atoms with van der Waals surface area (Å²) >= 11 is 3.49. The second kappa shape index (κ2) is 3.98. The molecule has 0 saturated carbocycles. The third kappa shape index (κ3) is 1.73. The Morgan fingerprint density at radius 2 is 2.06 bits per heavy atom. The van der Waals surface area contributed by atoms with Crippen molar-refractivity contribution in [2.24, 2.45) is 0 Å². The number of fused-ring (bicyclic) bond motifs is 2. The van der Waals surface area contributed by atoms with Gasteiger partial charge >= 0.3 is 0 Å². The predicted molar refractivity (Wildman–Crippen MR) is 71.6 cm³/mol. The monoisotopic (exact) mass is 291 g/mol. The Morgan fingerprint density at radius 1 is 1.24 bits per heavy atom. The predicted octanol–water partition coefficient (Wildman–Crippen LogP) is 3.01. The van der Waals surface area contributed by atoms with Crippen molar-refractivity contribution >= 4 is 27.3 Å². The summed E-state index contributed by atoms with van der Waals surface area (Å²) in [5.41, 5.74) is 4.64. The number of allylic oxidation sites excluding steroid dienone is 2. The Morgan fingerprint density at radius 3 is 2.88 bits per heavy atom. The first-order chi connectivity index (χ1) is 8.16.